The van der Waals surface area contributed by atoms with Crippen LogP contribution in [0.1, 0.15) is 18.9 Å². The van der Waals surface area contributed by atoms with Crippen LogP contribution in [0, 0.1) is 0 Å². The Kier molecular flexibility index (Phi) is 3.54. The maximum atomic E-state index is 4.69. The summed E-state index contributed by atoms with van der Waals surface area (Å²) in [6.07, 6.45) is 1.80. The second kappa shape index (κ2) is 4.94. The lowest BCUT2D eigenvalue weighted by Gasteiger charge is -2.20. The van der Waals surface area contributed by atoms with Crippen LogP contribution in [0.15, 0.2) is 29.8 Å². The highest BCUT2D eigenvalue weighted by molar-refractivity contribution is 7.10. The summed E-state index contributed by atoms with van der Waals surface area (Å²) in [4.78, 5) is 9.01. The third kappa shape index (κ3) is 2.70. The summed E-state index contributed by atoms with van der Waals surface area (Å²) >= 11 is 1.70. The van der Waals surface area contributed by atoms with Crippen molar-refractivity contribution in [3.63, 3.8) is 0 Å². The lowest BCUT2D eigenvalue weighted by atomic mass is 9.94. The Bertz CT molecular complexity index is 476. The minimum atomic E-state index is 0.0620. The molecule has 2 heterocycles. The first kappa shape index (κ1) is 12.2. The smallest absolute Gasteiger partial charge is 0.100 e. The first-order chi connectivity index (χ1) is 8.13. The van der Waals surface area contributed by atoms with Gasteiger partial charge in [0.25, 0.3) is 0 Å². The van der Waals surface area contributed by atoms with Gasteiger partial charge in [-0.05, 0) is 19.2 Å². The van der Waals surface area contributed by atoms with Gasteiger partial charge in [-0.1, -0.05) is 19.9 Å². The molecule has 0 saturated carbocycles. The fourth-order valence-electron chi connectivity index (χ4n) is 1.73. The van der Waals surface area contributed by atoms with E-state index >= 15 is 0 Å². The first-order valence-corrected chi connectivity index (χ1v) is 6.53. The molecule has 0 saturated heterocycles. The summed E-state index contributed by atoms with van der Waals surface area (Å²) in [6.45, 7) is 5.32. The van der Waals surface area contributed by atoms with Crippen LogP contribution >= 0.6 is 11.3 Å². The number of rotatable bonds is 4. The van der Waals surface area contributed by atoms with Crippen LogP contribution in [0.4, 0.5) is 0 Å². The molecule has 0 aromatic carbocycles. The summed E-state index contributed by atoms with van der Waals surface area (Å²) in [5.74, 6) is 0. The monoisotopic (exact) mass is 247 g/mol. The molecule has 0 aliphatic rings. The molecular weight excluding hydrogens is 230 g/mol. The highest BCUT2D eigenvalue weighted by Crippen LogP contribution is 2.29. The van der Waals surface area contributed by atoms with Crippen LogP contribution < -0.4 is 5.32 Å². The molecule has 0 amide bonds. The molecular formula is C13H17N3S. The van der Waals surface area contributed by atoms with E-state index in [4.69, 9.17) is 0 Å². The van der Waals surface area contributed by atoms with Gasteiger partial charge in [-0.3, -0.25) is 4.98 Å². The van der Waals surface area contributed by atoms with E-state index in [0.29, 0.717) is 0 Å². The Labute approximate surface area is 106 Å². The number of aromatic nitrogens is 2. The van der Waals surface area contributed by atoms with Gasteiger partial charge in [-0.25, -0.2) is 4.98 Å². The Morgan fingerprint density at radius 3 is 2.76 bits per heavy atom. The lowest BCUT2D eigenvalue weighted by molar-refractivity contribution is 0.491. The molecule has 3 nitrogen and oxygen atoms in total. The normalized spacial score (nSPS) is 11.7. The van der Waals surface area contributed by atoms with Crippen molar-refractivity contribution >= 4 is 11.3 Å². The number of hydrogen-bond donors (Lipinski definition) is 1. The molecule has 0 unspecified atom stereocenters. The van der Waals surface area contributed by atoms with E-state index in [1.165, 1.54) is 0 Å². The SMILES string of the molecule is CNCC(C)(C)c1nc(-c2ccccn2)cs1. The molecule has 90 valence electrons. The Balaban J connectivity index is 2.28. The van der Waals surface area contributed by atoms with Crippen LogP contribution in [0.2, 0.25) is 0 Å². The average Bonchev–Trinajstić information content (AvgIpc) is 2.80. The van der Waals surface area contributed by atoms with Crippen LogP contribution in [0.25, 0.3) is 11.4 Å². The maximum absolute atomic E-state index is 4.69. The standard InChI is InChI=1S/C13H17N3S/c1-13(2,9-14-3)12-16-11(8-17-12)10-6-4-5-7-15-10/h4-8,14H,9H2,1-3H3. The highest BCUT2D eigenvalue weighted by atomic mass is 32.1. The molecule has 0 radical (unpaired) electrons. The van der Waals surface area contributed by atoms with Crippen LogP contribution in [0.3, 0.4) is 0 Å². The van der Waals surface area contributed by atoms with E-state index in [-0.39, 0.29) is 5.41 Å². The van der Waals surface area contributed by atoms with E-state index in [2.05, 4.69) is 34.5 Å². The minimum Gasteiger partial charge on any atom is -0.319 e. The number of nitrogens with one attached hydrogen (secondary N) is 1. The molecule has 4 heteroatoms. The summed E-state index contributed by atoms with van der Waals surface area (Å²) in [7, 11) is 1.97. The molecule has 2 aromatic heterocycles. The van der Waals surface area contributed by atoms with Crippen molar-refractivity contribution in [2.24, 2.45) is 0 Å². The number of nitrogens with zero attached hydrogens (tertiary/aromatic N) is 2. The molecule has 17 heavy (non-hydrogen) atoms. The predicted molar refractivity (Wildman–Crippen MR) is 72.3 cm³/mol. The second-order valence-electron chi connectivity index (χ2n) is 4.67. The van der Waals surface area contributed by atoms with Gasteiger partial charge in [0.1, 0.15) is 5.01 Å². The largest absolute Gasteiger partial charge is 0.319 e. The van der Waals surface area contributed by atoms with Crippen molar-refractivity contribution in [2.45, 2.75) is 19.3 Å². The summed E-state index contributed by atoms with van der Waals surface area (Å²) < 4.78 is 0. The summed E-state index contributed by atoms with van der Waals surface area (Å²) in [5, 5.41) is 6.43. The van der Waals surface area contributed by atoms with E-state index in [0.717, 1.165) is 22.9 Å². The fourth-order valence-corrected chi connectivity index (χ4v) is 2.67. The molecule has 0 aliphatic heterocycles. The van der Waals surface area contributed by atoms with E-state index in [1.54, 1.807) is 17.5 Å². The van der Waals surface area contributed by atoms with Crippen molar-refractivity contribution in [2.75, 3.05) is 13.6 Å². The molecule has 0 atom stereocenters. The molecule has 0 spiro atoms. The zero-order valence-corrected chi connectivity index (χ0v) is 11.2. The Morgan fingerprint density at radius 1 is 1.29 bits per heavy atom. The van der Waals surface area contributed by atoms with E-state index in [1.807, 2.05) is 25.2 Å². The van der Waals surface area contributed by atoms with Gasteiger partial charge in [-0.15, -0.1) is 11.3 Å². The van der Waals surface area contributed by atoms with Gasteiger partial charge in [-0.2, -0.15) is 0 Å². The highest BCUT2D eigenvalue weighted by Gasteiger charge is 2.23. The summed E-state index contributed by atoms with van der Waals surface area (Å²) in [6, 6.07) is 5.89. The molecule has 2 rings (SSSR count). The number of likely N-dealkylation sites (N-methyl/N-ethyl adjacent to an activating group) is 1. The van der Waals surface area contributed by atoms with Crippen LogP contribution in [-0.4, -0.2) is 23.6 Å². The molecule has 1 N–H and O–H groups in total. The van der Waals surface area contributed by atoms with Crippen molar-refractivity contribution < 1.29 is 0 Å². The average molecular weight is 247 g/mol. The van der Waals surface area contributed by atoms with Gasteiger partial charge < -0.3 is 5.32 Å². The fraction of sp³-hybridized carbons (Fsp3) is 0.385. The molecule has 0 bridgehead atoms. The van der Waals surface area contributed by atoms with Gasteiger partial charge in [0.15, 0.2) is 0 Å². The number of pyridine rings is 1. The molecule has 2 aromatic rings. The van der Waals surface area contributed by atoms with Gasteiger partial charge in [0.2, 0.25) is 0 Å². The van der Waals surface area contributed by atoms with Crippen molar-refractivity contribution in [1.82, 2.24) is 15.3 Å². The first-order valence-electron chi connectivity index (χ1n) is 5.65. The second-order valence-corrected chi connectivity index (χ2v) is 5.53. The zero-order chi connectivity index (χ0) is 12.3. The van der Waals surface area contributed by atoms with E-state index < -0.39 is 0 Å². The quantitative estimate of drug-likeness (QED) is 0.902. The van der Waals surface area contributed by atoms with Crippen LogP contribution in [0.5, 0.6) is 0 Å². The third-order valence-electron chi connectivity index (χ3n) is 2.63. The van der Waals surface area contributed by atoms with E-state index in [9.17, 15) is 0 Å². The number of hydrogen-bond acceptors (Lipinski definition) is 4. The predicted octanol–water partition coefficient (Wildman–Crippen LogP) is 2.70. The van der Waals surface area contributed by atoms with Crippen molar-refractivity contribution in [3.8, 4) is 11.4 Å². The van der Waals surface area contributed by atoms with Crippen molar-refractivity contribution in [3.05, 3.63) is 34.8 Å². The lowest BCUT2D eigenvalue weighted by Crippen LogP contribution is -2.30. The Hall–Kier alpha value is -1.26. The zero-order valence-electron chi connectivity index (χ0n) is 10.4. The van der Waals surface area contributed by atoms with Gasteiger partial charge >= 0.3 is 0 Å². The third-order valence-corrected chi connectivity index (χ3v) is 3.84. The summed E-state index contributed by atoms with van der Waals surface area (Å²) in [5.41, 5.74) is 1.97. The van der Waals surface area contributed by atoms with Crippen LogP contribution in [-0.2, 0) is 5.41 Å². The Morgan fingerprint density at radius 2 is 2.12 bits per heavy atom. The minimum absolute atomic E-state index is 0.0620. The van der Waals surface area contributed by atoms with Gasteiger partial charge in [0, 0.05) is 23.5 Å². The van der Waals surface area contributed by atoms with Crippen molar-refractivity contribution in [1.29, 1.82) is 0 Å². The molecule has 0 aliphatic carbocycles. The number of thiazole rings is 1. The van der Waals surface area contributed by atoms with Gasteiger partial charge in [0.05, 0.1) is 11.4 Å². The maximum Gasteiger partial charge on any atom is 0.100 e. The topological polar surface area (TPSA) is 37.8 Å². The molecule has 0 fully saturated rings.